The van der Waals surface area contributed by atoms with Crippen molar-refractivity contribution in [3.8, 4) is 5.75 Å². The van der Waals surface area contributed by atoms with E-state index in [0.717, 1.165) is 38.3 Å². The molecule has 0 fully saturated rings. The van der Waals surface area contributed by atoms with Crippen molar-refractivity contribution >= 4 is 0 Å². The quantitative estimate of drug-likeness (QED) is 0.899. The third-order valence-corrected chi connectivity index (χ3v) is 4.07. The van der Waals surface area contributed by atoms with E-state index in [9.17, 15) is 0 Å². The van der Waals surface area contributed by atoms with Crippen molar-refractivity contribution in [2.24, 2.45) is 5.41 Å². The fraction of sp³-hybridized carbons (Fsp3) is 0.667. The summed E-state index contributed by atoms with van der Waals surface area (Å²) in [6, 6.07) is 6.90. The van der Waals surface area contributed by atoms with Crippen LogP contribution in [0.4, 0.5) is 0 Å². The van der Waals surface area contributed by atoms with Crippen LogP contribution in [0, 0.1) is 12.3 Å². The Morgan fingerprint density at radius 1 is 1.33 bits per heavy atom. The molecule has 0 bridgehead atoms. The minimum Gasteiger partial charge on any atom is -0.493 e. The molecule has 1 heterocycles. The molecule has 1 aromatic carbocycles. The van der Waals surface area contributed by atoms with Crippen LogP contribution >= 0.6 is 0 Å². The molecule has 21 heavy (non-hydrogen) atoms. The van der Waals surface area contributed by atoms with Crippen LogP contribution in [0.3, 0.4) is 0 Å². The van der Waals surface area contributed by atoms with Gasteiger partial charge in [0.1, 0.15) is 5.75 Å². The topological polar surface area (TPSA) is 24.5 Å². The smallest absolute Gasteiger partial charge is 0.126 e. The Balaban J connectivity index is 2.09. The van der Waals surface area contributed by atoms with Crippen LogP contribution in [-0.2, 0) is 0 Å². The molecule has 3 nitrogen and oxygen atoms in total. The summed E-state index contributed by atoms with van der Waals surface area (Å²) in [6.45, 7) is 9.72. The fourth-order valence-corrected chi connectivity index (χ4v) is 3.29. The number of rotatable bonds is 5. The maximum Gasteiger partial charge on any atom is 0.126 e. The van der Waals surface area contributed by atoms with Crippen molar-refractivity contribution in [1.29, 1.82) is 0 Å². The lowest BCUT2D eigenvalue weighted by molar-refractivity contribution is 0.223. The Morgan fingerprint density at radius 2 is 2.10 bits per heavy atom. The van der Waals surface area contributed by atoms with Crippen molar-refractivity contribution in [2.75, 3.05) is 33.8 Å². The van der Waals surface area contributed by atoms with Crippen molar-refractivity contribution in [2.45, 2.75) is 39.7 Å². The van der Waals surface area contributed by atoms with Gasteiger partial charge in [0.05, 0.1) is 6.61 Å². The minimum atomic E-state index is 0.265. The van der Waals surface area contributed by atoms with Crippen LogP contribution in [-0.4, -0.2) is 38.7 Å². The van der Waals surface area contributed by atoms with E-state index in [1.165, 1.54) is 11.1 Å². The van der Waals surface area contributed by atoms with Gasteiger partial charge >= 0.3 is 0 Å². The zero-order valence-electron chi connectivity index (χ0n) is 14.2. The summed E-state index contributed by atoms with van der Waals surface area (Å²) in [7, 11) is 4.28. The summed E-state index contributed by atoms with van der Waals surface area (Å²) in [5.41, 5.74) is 2.84. The van der Waals surface area contributed by atoms with Gasteiger partial charge in [0.2, 0.25) is 0 Å². The molecule has 3 heteroatoms. The normalized spacial score (nSPS) is 19.0. The second-order valence-electron chi connectivity index (χ2n) is 7.32. The number of ether oxygens (including phenoxy) is 1. The largest absolute Gasteiger partial charge is 0.493 e. The summed E-state index contributed by atoms with van der Waals surface area (Å²) in [5, 5.41) is 3.78. The maximum absolute atomic E-state index is 5.96. The van der Waals surface area contributed by atoms with Crippen molar-refractivity contribution in [3.05, 3.63) is 29.3 Å². The van der Waals surface area contributed by atoms with Gasteiger partial charge < -0.3 is 15.0 Å². The number of hydrogen-bond donors (Lipinski definition) is 1. The SMILES string of the molecule is Cc1cccc2c1OCCCC2NCC(C)(C)CN(C)C. The van der Waals surface area contributed by atoms with Crippen molar-refractivity contribution < 1.29 is 4.74 Å². The molecule has 1 aliphatic heterocycles. The van der Waals surface area contributed by atoms with Gasteiger partial charge in [0, 0.05) is 24.7 Å². The second-order valence-corrected chi connectivity index (χ2v) is 7.32. The maximum atomic E-state index is 5.96. The molecule has 0 saturated carbocycles. The van der Waals surface area contributed by atoms with E-state index in [-0.39, 0.29) is 5.41 Å². The summed E-state index contributed by atoms with van der Waals surface area (Å²) >= 11 is 0. The van der Waals surface area contributed by atoms with E-state index in [0.29, 0.717) is 6.04 Å². The van der Waals surface area contributed by atoms with E-state index in [2.05, 4.69) is 63.3 Å². The predicted molar refractivity (Wildman–Crippen MR) is 89.0 cm³/mol. The summed E-state index contributed by atoms with van der Waals surface area (Å²) in [4.78, 5) is 2.26. The molecular weight excluding hydrogens is 260 g/mol. The van der Waals surface area contributed by atoms with E-state index in [1.807, 2.05) is 0 Å². The summed E-state index contributed by atoms with van der Waals surface area (Å²) in [6.07, 6.45) is 2.26. The molecule has 0 amide bonds. The molecular formula is C18H30N2O. The minimum absolute atomic E-state index is 0.265. The van der Waals surface area contributed by atoms with Gasteiger partial charge in [-0.2, -0.15) is 0 Å². The lowest BCUT2D eigenvalue weighted by atomic mass is 9.91. The fourth-order valence-electron chi connectivity index (χ4n) is 3.29. The van der Waals surface area contributed by atoms with Crippen LogP contribution in [0.1, 0.15) is 43.9 Å². The number of nitrogens with one attached hydrogen (secondary N) is 1. The molecule has 0 spiro atoms. The summed E-state index contributed by atoms with van der Waals surface area (Å²) in [5.74, 6) is 1.10. The van der Waals surface area contributed by atoms with Crippen LogP contribution in [0.15, 0.2) is 18.2 Å². The summed E-state index contributed by atoms with van der Waals surface area (Å²) < 4.78 is 5.96. The highest BCUT2D eigenvalue weighted by molar-refractivity contribution is 5.43. The molecule has 1 aromatic rings. The molecule has 0 aliphatic carbocycles. The Hall–Kier alpha value is -1.06. The number of nitrogens with zero attached hydrogens (tertiary/aromatic N) is 1. The van der Waals surface area contributed by atoms with E-state index < -0.39 is 0 Å². The predicted octanol–water partition coefficient (Wildman–Crippen LogP) is 3.39. The Labute approximate surface area is 129 Å². The van der Waals surface area contributed by atoms with Gasteiger partial charge in [-0.3, -0.25) is 0 Å². The third kappa shape index (κ3) is 4.45. The van der Waals surface area contributed by atoms with Crippen LogP contribution in [0.25, 0.3) is 0 Å². The highest BCUT2D eigenvalue weighted by atomic mass is 16.5. The van der Waals surface area contributed by atoms with E-state index in [4.69, 9.17) is 4.74 Å². The highest BCUT2D eigenvalue weighted by Gasteiger charge is 2.24. The van der Waals surface area contributed by atoms with Crippen LogP contribution < -0.4 is 10.1 Å². The first-order valence-corrected chi connectivity index (χ1v) is 7.99. The third-order valence-electron chi connectivity index (χ3n) is 4.07. The molecule has 1 unspecified atom stereocenters. The van der Waals surface area contributed by atoms with Gasteiger partial charge in [0.25, 0.3) is 0 Å². The van der Waals surface area contributed by atoms with Gasteiger partial charge in [0.15, 0.2) is 0 Å². The van der Waals surface area contributed by atoms with Gasteiger partial charge in [-0.15, -0.1) is 0 Å². The Kier molecular flexibility index (Phi) is 5.28. The first-order chi connectivity index (χ1) is 9.89. The monoisotopic (exact) mass is 290 g/mol. The lowest BCUT2D eigenvalue weighted by Crippen LogP contribution is -2.39. The molecule has 1 N–H and O–H groups in total. The van der Waals surface area contributed by atoms with Gasteiger partial charge in [-0.1, -0.05) is 32.0 Å². The zero-order chi connectivity index (χ0) is 15.5. The number of hydrogen-bond acceptors (Lipinski definition) is 3. The second kappa shape index (κ2) is 6.80. The Morgan fingerprint density at radius 3 is 2.81 bits per heavy atom. The van der Waals surface area contributed by atoms with Gasteiger partial charge in [-0.25, -0.2) is 0 Å². The highest BCUT2D eigenvalue weighted by Crippen LogP contribution is 2.34. The zero-order valence-corrected chi connectivity index (χ0v) is 14.2. The molecule has 1 aliphatic rings. The lowest BCUT2D eigenvalue weighted by Gasteiger charge is -2.31. The number of fused-ring (bicyclic) bond motifs is 1. The standard InChI is InChI=1S/C18H30N2O/c1-14-8-6-9-15-16(10-7-11-21-17(14)15)19-12-18(2,3)13-20(4)5/h6,8-9,16,19H,7,10-13H2,1-5H3. The number of aryl methyl sites for hydroxylation is 1. The molecule has 1 atom stereocenters. The van der Waals surface area contributed by atoms with Gasteiger partial charge in [-0.05, 0) is 44.8 Å². The van der Waals surface area contributed by atoms with E-state index in [1.54, 1.807) is 0 Å². The van der Waals surface area contributed by atoms with Crippen LogP contribution in [0.5, 0.6) is 5.75 Å². The molecule has 0 radical (unpaired) electrons. The van der Waals surface area contributed by atoms with Crippen LogP contribution in [0.2, 0.25) is 0 Å². The molecule has 0 saturated heterocycles. The number of para-hydroxylation sites is 1. The first kappa shape index (κ1) is 16.3. The number of benzene rings is 1. The average molecular weight is 290 g/mol. The molecule has 0 aromatic heterocycles. The molecule has 118 valence electrons. The Bertz CT molecular complexity index is 468. The molecule has 2 rings (SSSR count). The first-order valence-electron chi connectivity index (χ1n) is 7.99. The van der Waals surface area contributed by atoms with E-state index >= 15 is 0 Å². The van der Waals surface area contributed by atoms with Crippen molar-refractivity contribution in [1.82, 2.24) is 10.2 Å². The average Bonchev–Trinajstić information content (AvgIpc) is 2.58. The van der Waals surface area contributed by atoms with Crippen molar-refractivity contribution in [3.63, 3.8) is 0 Å².